The minimum absolute atomic E-state index is 0.142. The molecule has 0 aromatic heterocycles. The van der Waals surface area contributed by atoms with Gasteiger partial charge in [-0.05, 0) is 86.1 Å². The maximum absolute atomic E-state index is 5.93. The smallest absolute Gasteiger partial charge is 0.494 e. The van der Waals surface area contributed by atoms with Crippen molar-refractivity contribution in [3.63, 3.8) is 0 Å². The Morgan fingerprint density at radius 1 is 0.839 bits per heavy atom. The van der Waals surface area contributed by atoms with E-state index < -0.39 is 8.80 Å². The summed E-state index contributed by atoms with van der Waals surface area (Å²) in [7, 11) is -2.59. The number of benzene rings is 1. The van der Waals surface area contributed by atoms with Gasteiger partial charge in [0.15, 0.2) is 0 Å². The zero-order valence-electron chi connectivity index (χ0n) is 20.7. The molecule has 1 rings (SSSR count). The SMILES string of the molecule is CCO[Si](CCCOc1ccc(SCC(C)(C)N=NC(C)(C)C)cc1)(OCC)OCC. The Kier molecular flexibility index (Phi) is 12.3. The van der Waals surface area contributed by atoms with Crippen molar-refractivity contribution in [1.82, 2.24) is 0 Å². The summed E-state index contributed by atoms with van der Waals surface area (Å²) >= 11 is 1.78. The maximum atomic E-state index is 5.93. The molecular weight excluding hydrogens is 428 g/mol. The molecule has 1 aromatic carbocycles. The van der Waals surface area contributed by atoms with Crippen molar-refractivity contribution in [2.45, 2.75) is 83.8 Å². The van der Waals surface area contributed by atoms with Gasteiger partial charge < -0.3 is 18.0 Å². The van der Waals surface area contributed by atoms with Crippen LogP contribution in [0.2, 0.25) is 6.04 Å². The van der Waals surface area contributed by atoms with E-state index in [-0.39, 0.29) is 11.1 Å². The van der Waals surface area contributed by atoms with Crippen LogP contribution in [0.25, 0.3) is 0 Å². The number of hydrogen-bond donors (Lipinski definition) is 0. The third-order valence-corrected chi connectivity index (χ3v) is 8.63. The van der Waals surface area contributed by atoms with Crippen LogP contribution in [0.5, 0.6) is 5.75 Å². The zero-order valence-corrected chi connectivity index (χ0v) is 22.5. The largest absolute Gasteiger partial charge is 0.501 e. The van der Waals surface area contributed by atoms with Crippen molar-refractivity contribution in [2.24, 2.45) is 10.2 Å². The normalized spacial score (nSPS) is 13.2. The molecule has 1 aromatic rings. The van der Waals surface area contributed by atoms with Gasteiger partial charge in [0, 0.05) is 36.5 Å². The summed E-state index contributed by atoms with van der Waals surface area (Å²) in [6.45, 7) is 18.7. The van der Waals surface area contributed by atoms with Crippen LogP contribution in [0.4, 0.5) is 0 Å². The van der Waals surface area contributed by atoms with Crippen molar-refractivity contribution in [3.8, 4) is 5.75 Å². The van der Waals surface area contributed by atoms with Crippen LogP contribution >= 0.6 is 11.8 Å². The first kappa shape index (κ1) is 28.1. The molecule has 0 aliphatic rings. The summed E-state index contributed by atoms with van der Waals surface area (Å²) in [5.74, 6) is 1.73. The lowest BCUT2D eigenvalue weighted by Gasteiger charge is -2.28. The highest BCUT2D eigenvalue weighted by Gasteiger charge is 2.39. The average Bonchev–Trinajstić information content (AvgIpc) is 2.69. The van der Waals surface area contributed by atoms with Gasteiger partial charge in [0.1, 0.15) is 5.75 Å². The van der Waals surface area contributed by atoms with Crippen molar-refractivity contribution in [3.05, 3.63) is 24.3 Å². The summed E-state index contributed by atoms with van der Waals surface area (Å²) < 4.78 is 23.6. The molecule has 0 radical (unpaired) electrons. The molecule has 0 atom stereocenters. The molecule has 0 saturated carbocycles. The van der Waals surface area contributed by atoms with Crippen molar-refractivity contribution in [1.29, 1.82) is 0 Å². The van der Waals surface area contributed by atoms with E-state index in [9.17, 15) is 0 Å². The lowest BCUT2D eigenvalue weighted by molar-refractivity contribution is 0.0696. The number of thioether (sulfide) groups is 1. The predicted octanol–water partition coefficient (Wildman–Crippen LogP) is 6.63. The van der Waals surface area contributed by atoms with Crippen molar-refractivity contribution >= 4 is 20.6 Å². The van der Waals surface area contributed by atoms with Crippen molar-refractivity contribution < 1.29 is 18.0 Å². The highest BCUT2D eigenvalue weighted by atomic mass is 32.2. The van der Waals surface area contributed by atoms with Crippen LogP contribution in [-0.2, 0) is 13.3 Å². The molecule has 178 valence electrons. The zero-order chi connectivity index (χ0) is 23.4. The van der Waals surface area contributed by atoms with E-state index in [0.29, 0.717) is 26.4 Å². The second-order valence-corrected chi connectivity index (χ2v) is 12.7. The Labute approximate surface area is 194 Å². The van der Waals surface area contributed by atoms with E-state index in [2.05, 4.69) is 57.0 Å². The first-order valence-corrected chi connectivity index (χ1v) is 14.2. The molecule has 0 saturated heterocycles. The Bertz CT molecular complexity index is 631. The molecule has 0 N–H and O–H groups in total. The standard InChI is InChI=1S/C23H42N2O4SSi/c1-9-27-31(28-10-2,29-11-3)18-12-17-26-20-13-15-21(16-14-20)30-19-23(7,8)25-24-22(4,5)6/h13-16H,9-12,17-19H2,1-8H3. The minimum Gasteiger partial charge on any atom is -0.494 e. The summed E-state index contributed by atoms with van der Waals surface area (Å²) in [6, 6.07) is 8.98. The average molecular weight is 471 g/mol. The monoisotopic (exact) mass is 470 g/mol. The third kappa shape index (κ3) is 12.0. The van der Waals surface area contributed by atoms with Crippen molar-refractivity contribution in [2.75, 3.05) is 32.2 Å². The second kappa shape index (κ2) is 13.6. The summed E-state index contributed by atoms with van der Waals surface area (Å²) in [6.07, 6.45) is 0.829. The molecule has 0 amide bonds. The number of ether oxygens (including phenoxy) is 1. The molecule has 0 heterocycles. The first-order chi connectivity index (χ1) is 14.5. The second-order valence-electron chi connectivity index (χ2n) is 8.88. The van der Waals surface area contributed by atoms with Gasteiger partial charge in [0.25, 0.3) is 0 Å². The topological polar surface area (TPSA) is 61.6 Å². The number of nitrogens with zero attached hydrogens (tertiary/aromatic N) is 2. The number of azo groups is 1. The first-order valence-electron chi connectivity index (χ1n) is 11.3. The van der Waals surface area contributed by atoms with Crippen LogP contribution in [0, 0.1) is 0 Å². The van der Waals surface area contributed by atoms with Gasteiger partial charge in [-0.3, -0.25) is 0 Å². The molecule has 0 aliphatic carbocycles. The van der Waals surface area contributed by atoms with Crippen LogP contribution in [-0.4, -0.2) is 52.1 Å². The van der Waals surface area contributed by atoms with E-state index in [1.165, 1.54) is 4.90 Å². The molecular formula is C23H42N2O4SSi. The van der Waals surface area contributed by atoms with Gasteiger partial charge >= 0.3 is 8.80 Å². The van der Waals surface area contributed by atoms with E-state index in [0.717, 1.165) is 24.0 Å². The van der Waals surface area contributed by atoms with Gasteiger partial charge in [0.2, 0.25) is 0 Å². The summed E-state index contributed by atoms with van der Waals surface area (Å²) in [4.78, 5) is 1.20. The maximum Gasteiger partial charge on any atom is 0.501 e. The van der Waals surface area contributed by atoms with Crippen LogP contribution in [0.15, 0.2) is 39.4 Å². The van der Waals surface area contributed by atoms with E-state index >= 15 is 0 Å². The highest BCUT2D eigenvalue weighted by Crippen LogP contribution is 2.27. The molecule has 0 spiro atoms. The molecule has 0 aliphatic heterocycles. The molecule has 0 bridgehead atoms. The van der Waals surface area contributed by atoms with Gasteiger partial charge in [-0.1, -0.05) is 0 Å². The van der Waals surface area contributed by atoms with Crippen LogP contribution < -0.4 is 4.74 Å². The molecule has 31 heavy (non-hydrogen) atoms. The number of hydrogen-bond acceptors (Lipinski definition) is 7. The Hall–Kier alpha value is -0.933. The highest BCUT2D eigenvalue weighted by molar-refractivity contribution is 7.99. The fourth-order valence-corrected chi connectivity index (χ4v) is 6.17. The number of rotatable bonds is 15. The Balaban J connectivity index is 2.49. The van der Waals surface area contributed by atoms with E-state index in [1.54, 1.807) is 11.8 Å². The van der Waals surface area contributed by atoms with Crippen LogP contribution in [0.1, 0.15) is 61.8 Å². The predicted molar refractivity (Wildman–Crippen MR) is 131 cm³/mol. The lowest BCUT2D eigenvalue weighted by Crippen LogP contribution is -2.46. The summed E-state index contributed by atoms with van der Waals surface area (Å²) in [5, 5.41) is 8.94. The Morgan fingerprint density at radius 2 is 1.39 bits per heavy atom. The van der Waals surface area contributed by atoms with Gasteiger partial charge in [0.05, 0.1) is 17.7 Å². The van der Waals surface area contributed by atoms with E-state index in [4.69, 9.17) is 18.0 Å². The molecule has 6 nitrogen and oxygen atoms in total. The minimum atomic E-state index is -2.59. The van der Waals surface area contributed by atoms with Crippen LogP contribution in [0.3, 0.4) is 0 Å². The fourth-order valence-electron chi connectivity index (χ4n) is 2.69. The van der Waals surface area contributed by atoms with E-state index in [1.807, 2.05) is 32.9 Å². The fraction of sp³-hybridized carbons (Fsp3) is 0.739. The van der Waals surface area contributed by atoms with Gasteiger partial charge in [-0.15, -0.1) is 11.8 Å². The molecule has 8 heteroatoms. The Morgan fingerprint density at radius 3 is 1.87 bits per heavy atom. The lowest BCUT2D eigenvalue weighted by atomic mass is 10.1. The third-order valence-electron chi connectivity index (χ3n) is 4.03. The summed E-state index contributed by atoms with van der Waals surface area (Å²) in [5.41, 5.74) is -0.345. The molecule has 0 unspecified atom stereocenters. The molecule has 0 fully saturated rings. The van der Waals surface area contributed by atoms with Gasteiger partial charge in [-0.25, -0.2) is 0 Å². The quantitative estimate of drug-likeness (QED) is 0.125. The van der Waals surface area contributed by atoms with Gasteiger partial charge in [-0.2, -0.15) is 10.2 Å².